The number of hydrogen-bond donors (Lipinski definition) is 0. The normalized spacial score (nSPS) is 13.5. The molecule has 1 aromatic rings. The Morgan fingerprint density at radius 2 is 2.20 bits per heavy atom. The van der Waals surface area contributed by atoms with E-state index in [2.05, 4.69) is 4.98 Å². The minimum atomic E-state index is -1.15. The zero-order valence-electron chi connectivity index (χ0n) is 8.93. The molecule has 15 heavy (non-hydrogen) atoms. The van der Waals surface area contributed by atoms with E-state index in [-0.39, 0.29) is 5.92 Å². The Balaban J connectivity index is 3.04. The molecule has 0 amide bonds. The molecule has 0 bridgehead atoms. The highest BCUT2D eigenvalue weighted by molar-refractivity contribution is 5.72. The average Bonchev–Trinajstić information content (AvgIpc) is 2.16. The maximum absolute atomic E-state index is 11.0. The topological polar surface area (TPSA) is 80.0 Å². The van der Waals surface area contributed by atoms with Crippen LogP contribution in [0.3, 0.4) is 0 Å². The van der Waals surface area contributed by atoms with Crippen molar-refractivity contribution in [1.29, 1.82) is 0 Å². The number of rotatable bonds is 3. The molecule has 0 aliphatic heterocycles. The smallest absolute Gasteiger partial charge is 0.202 e. The Kier molecular flexibility index (Phi) is 2.93. The van der Waals surface area contributed by atoms with Gasteiger partial charge in [0.25, 0.3) is 0 Å². The van der Waals surface area contributed by atoms with Gasteiger partial charge in [-0.3, -0.25) is 0 Å². The van der Waals surface area contributed by atoms with E-state index < -0.39 is 11.4 Å². The summed E-state index contributed by atoms with van der Waals surface area (Å²) in [6.45, 7) is 4.81. The van der Waals surface area contributed by atoms with E-state index in [0.717, 1.165) is 0 Å². The Bertz CT molecular complexity index is 377. The van der Waals surface area contributed by atoms with Crippen LogP contribution in [-0.4, -0.2) is 11.0 Å². The average molecular weight is 209 g/mol. The molecule has 1 aromatic heterocycles. The van der Waals surface area contributed by atoms with Crippen LogP contribution in [0.15, 0.2) is 18.6 Å². The number of nitrogens with zero attached hydrogens (tertiary/aromatic N) is 2. The fourth-order valence-corrected chi connectivity index (χ4v) is 1.16. The van der Waals surface area contributed by atoms with Gasteiger partial charge in [0.15, 0.2) is 6.20 Å². The van der Waals surface area contributed by atoms with E-state index in [0.29, 0.717) is 10.4 Å². The van der Waals surface area contributed by atoms with Gasteiger partial charge < -0.3 is 15.1 Å². The Labute approximate surface area is 88.0 Å². The van der Waals surface area contributed by atoms with Crippen LogP contribution in [0, 0.1) is 10.6 Å². The molecule has 0 radical (unpaired) electrons. The molecule has 0 saturated carbocycles. The van der Waals surface area contributed by atoms with Gasteiger partial charge in [-0.15, -0.1) is 0 Å². The molecule has 5 nitrogen and oxygen atoms in total. The third-order valence-corrected chi connectivity index (χ3v) is 2.75. The Morgan fingerprint density at radius 1 is 1.60 bits per heavy atom. The van der Waals surface area contributed by atoms with Gasteiger partial charge in [-0.2, -0.15) is 4.73 Å². The van der Waals surface area contributed by atoms with Crippen LogP contribution in [0.25, 0.3) is 0 Å². The summed E-state index contributed by atoms with van der Waals surface area (Å²) in [5, 5.41) is 21.9. The van der Waals surface area contributed by atoms with Crippen LogP contribution in [-0.2, 0) is 4.79 Å². The minimum Gasteiger partial charge on any atom is -0.619 e. The van der Waals surface area contributed by atoms with Crippen LogP contribution in [0.5, 0.6) is 0 Å². The van der Waals surface area contributed by atoms with Gasteiger partial charge in [-0.05, 0) is 0 Å². The number of carbonyl (C=O) groups excluding carboxylic acids is 1. The molecule has 1 atom stereocenters. The van der Waals surface area contributed by atoms with Gasteiger partial charge in [-0.25, -0.2) is 4.98 Å². The minimum absolute atomic E-state index is 0.385. The van der Waals surface area contributed by atoms with Gasteiger partial charge in [0.1, 0.15) is 5.69 Å². The number of carboxylic acid groups (broad SMARTS) is 1. The van der Waals surface area contributed by atoms with Crippen molar-refractivity contribution in [3.63, 3.8) is 0 Å². The first kappa shape index (κ1) is 11.4. The zero-order chi connectivity index (χ0) is 11.6. The lowest BCUT2D eigenvalue weighted by Crippen LogP contribution is -2.42. The number of carbonyl (C=O) groups is 1. The van der Waals surface area contributed by atoms with Crippen molar-refractivity contribution >= 4 is 5.97 Å². The summed E-state index contributed by atoms with van der Waals surface area (Å²) in [5.74, 6) is -1.54. The summed E-state index contributed by atoms with van der Waals surface area (Å²) in [6.07, 6.45) is 3.88. The Morgan fingerprint density at radius 3 is 2.67 bits per heavy atom. The van der Waals surface area contributed by atoms with Crippen molar-refractivity contribution in [2.75, 3.05) is 0 Å². The molecule has 1 heterocycles. The molecule has 0 saturated heterocycles. The van der Waals surface area contributed by atoms with Gasteiger partial charge in [0.05, 0.1) is 6.20 Å². The van der Waals surface area contributed by atoms with Crippen molar-refractivity contribution in [3.8, 4) is 0 Å². The van der Waals surface area contributed by atoms with E-state index in [1.807, 2.05) is 0 Å². The first-order valence-corrected chi connectivity index (χ1v) is 4.62. The lowest BCUT2D eigenvalue weighted by Gasteiger charge is -2.31. The standard InChI is InChI=1S/C10H14N2O3/c1-7(10(2,3)9(13)14)8-6-12(15)5-4-11-8/h4-7H,1-3H3,(H,13,14)/p-1. The van der Waals surface area contributed by atoms with E-state index in [1.54, 1.807) is 20.8 Å². The largest absolute Gasteiger partial charge is 0.619 e. The fraction of sp³-hybridized carbons (Fsp3) is 0.500. The highest BCUT2D eigenvalue weighted by Crippen LogP contribution is 2.32. The molecule has 0 fully saturated rings. The molecular formula is C10H13N2O3-. The monoisotopic (exact) mass is 209 g/mol. The molecular weight excluding hydrogens is 196 g/mol. The number of aromatic nitrogens is 2. The Hall–Kier alpha value is -1.65. The van der Waals surface area contributed by atoms with Crippen molar-refractivity contribution < 1.29 is 14.6 Å². The summed E-state index contributed by atoms with van der Waals surface area (Å²) in [4.78, 5) is 14.9. The van der Waals surface area contributed by atoms with Crippen molar-refractivity contribution in [2.24, 2.45) is 5.41 Å². The first-order valence-electron chi connectivity index (χ1n) is 4.62. The summed E-state index contributed by atoms with van der Waals surface area (Å²) in [5.41, 5.74) is -0.608. The summed E-state index contributed by atoms with van der Waals surface area (Å²) in [6, 6.07) is 0. The molecule has 0 aliphatic carbocycles. The molecule has 0 spiro atoms. The van der Waals surface area contributed by atoms with E-state index in [4.69, 9.17) is 0 Å². The predicted octanol–water partition coefficient (Wildman–Crippen LogP) is -0.405. The number of carboxylic acids is 1. The highest BCUT2D eigenvalue weighted by Gasteiger charge is 2.30. The molecule has 1 unspecified atom stereocenters. The number of aliphatic carboxylic acids is 1. The lowest BCUT2D eigenvalue weighted by molar-refractivity contribution is -0.606. The summed E-state index contributed by atoms with van der Waals surface area (Å²) < 4.78 is 0.601. The second kappa shape index (κ2) is 3.84. The maximum atomic E-state index is 11.0. The van der Waals surface area contributed by atoms with Crippen molar-refractivity contribution in [3.05, 3.63) is 29.5 Å². The molecule has 1 rings (SSSR count). The quantitative estimate of drug-likeness (QED) is 0.501. The van der Waals surface area contributed by atoms with Crippen LogP contribution < -0.4 is 9.84 Å². The van der Waals surface area contributed by atoms with Crippen LogP contribution in [0.2, 0.25) is 0 Å². The van der Waals surface area contributed by atoms with Crippen molar-refractivity contribution in [2.45, 2.75) is 26.7 Å². The van der Waals surface area contributed by atoms with E-state index >= 15 is 0 Å². The molecule has 5 heteroatoms. The predicted molar refractivity (Wildman–Crippen MR) is 50.4 cm³/mol. The lowest BCUT2D eigenvalue weighted by atomic mass is 9.78. The van der Waals surface area contributed by atoms with Gasteiger partial charge in [-0.1, -0.05) is 20.8 Å². The summed E-state index contributed by atoms with van der Waals surface area (Å²) in [7, 11) is 0. The molecule has 0 aromatic carbocycles. The van der Waals surface area contributed by atoms with Crippen molar-refractivity contribution in [1.82, 2.24) is 4.98 Å². The second-order valence-electron chi connectivity index (χ2n) is 4.07. The zero-order valence-corrected chi connectivity index (χ0v) is 8.93. The second-order valence-corrected chi connectivity index (χ2v) is 4.07. The highest BCUT2D eigenvalue weighted by atomic mass is 16.5. The van der Waals surface area contributed by atoms with Crippen LogP contribution in [0.4, 0.5) is 0 Å². The molecule has 0 aliphatic rings. The number of hydrogen-bond acceptors (Lipinski definition) is 4. The maximum Gasteiger partial charge on any atom is 0.202 e. The third-order valence-electron chi connectivity index (χ3n) is 2.75. The third kappa shape index (κ3) is 2.23. The fourth-order valence-electron chi connectivity index (χ4n) is 1.16. The summed E-state index contributed by atoms with van der Waals surface area (Å²) >= 11 is 0. The molecule has 82 valence electrons. The van der Waals surface area contributed by atoms with E-state index in [1.165, 1.54) is 18.6 Å². The van der Waals surface area contributed by atoms with Gasteiger partial charge >= 0.3 is 0 Å². The van der Waals surface area contributed by atoms with Gasteiger partial charge in [0.2, 0.25) is 6.20 Å². The van der Waals surface area contributed by atoms with Crippen LogP contribution >= 0.6 is 0 Å². The van der Waals surface area contributed by atoms with Gasteiger partial charge in [0, 0.05) is 17.3 Å². The first-order chi connectivity index (χ1) is 6.85. The molecule has 0 N–H and O–H groups in total. The SMILES string of the molecule is CC(c1c[n+]([O-])ccn1)C(C)(C)C(=O)[O-]. The van der Waals surface area contributed by atoms with E-state index in [9.17, 15) is 15.1 Å². The van der Waals surface area contributed by atoms with Crippen LogP contribution in [0.1, 0.15) is 32.4 Å².